The number of aryl methyl sites for hydroxylation is 1. The third-order valence-electron chi connectivity index (χ3n) is 4.29. The Morgan fingerprint density at radius 1 is 1.29 bits per heavy atom. The van der Waals surface area contributed by atoms with Crippen LogP contribution in [0.2, 0.25) is 0 Å². The fourth-order valence-corrected chi connectivity index (χ4v) is 3.18. The number of carbonyl (C=O) groups is 1. The first-order valence-corrected chi connectivity index (χ1v) is 9.76. The van der Waals surface area contributed by atoms with E-state index in [9.17, 15) is 23.5 Å². The van der Waals surface area contributed by atoms with Crippen LogP contribution in [0.25, 0.3) is 0 Å². The molecular formula is C20H16BrF2N4O4-. The molecule has 2 aromatic heterocycles. The molecule has 0 atom stereocenters. The Kier molecular flexibility index (Phi) is 6.95. The SMILES string of the molecule is Cc1cc(OCc2ccc(F)cc2F)c(Br)c(=O)n1Cc1ccnc(CNC(=O)[O-])n1. The first-order valence-electron chi connectivity index (χ1n) is 8.97. The molecule has 8 nitrogen and oxygen atoms in total. The fraction of sp³-hybridized carbons (Fsp3) is 0.200. The van der Waals surface area contributed by atoms with Gasteiger partial charge in [0.05, 0.1) is 18.8 Å². The lowest BCUT2D eigenvalue weighted by Gasteiger charge is -2.15. The van der Waals surface area contributed by atoms with Crippen molar-refractivity contribution < 1.29 is 23.4 Å². The van der Waals surface area contributed by atoms with Gasteiger partial charge >= 0.3 is 0 Å². The molecule has 1 N–H and O–H groups in total. The van der Waals surface area contributed by atoms with Gasteiger partial charge in [0, 0.05) is 29.6 Å². The van der Waals surface area contributed by atoms with Gasteiger partial charge in [-0.15, -0.1) is 0 Å². The third kappa shape index (κ3) is 5.63. The van der Waals surface area contributed by atoms with Crippen LogP contribution in [0.4, 0.5) is 13.6 Å². The van der Waals surface area contributed by atoms with E-state index < -0.39 is 23.3 Å². The molecule has 0 saturated carbocycles. The predicted octanol–water partition coefficient (Wildman–Crippen LogP) is 2.05. The second kappa shape index (κ2) is 9.65. The van der Waals surface area contributed by atoms with E-state index >= 15 is 0 Å². The van der Waals surface area contributed by atoms with Gasteiger partial charge < -0.3 is 24.5 Å². The first kappa shape index (κ1) is 22.3. The Balaban J connectivity index is 1.79. The molecule has 0 saturated heterocycles. The van der Waals surface area contributed by atoms with Crippen molar-refractivity contribution >= 4 is 22.0 Å². The van der Waals surface area contributed by atoms with Crippen molar-refractivity contribution in [3.8, 4) is 5.75 Å². The molecule has 2 heterocycles. The van der Waals surface area contributed by atoms with E-state index in [4.69, 9.17) is 4.74 Å². The summed E-state index contributed by atoms with van der Waals surface area (Å²) < 4.78 is 34.0. The van der Waals surface area contributed by atoms with E-state index in [1.54, 1.807) is 19.1 Å². The Labute approximate surface area is 183 Å². The summed E-state index contributed by atoms with van der Waals surface area (Å²) in [7, 11) is 0. The molecule has 0 aliphatic rings. The molecule has 0 spiro atoms. The molecule has 1 aromatic carbocycles. The quantitative estimate of drug-likeness (QED) is 0.539. The van der Waals surface area contributed by atoms with Crippen LogP contribution in [0.15, 0.2) is 45.8 Å². The van der Waals surface area contributed by atoms with E-state index in [1.165, 1.54) is 16.8 Å². The molecule has 0 aliphatic carbocycles. The normalized spacial score (nSPS) is 10.7. The molecule has 0 aliphatic heterocycles. The van der Waals surface area contributed by atoms with Crippen LogP contribution in [0.3, 0.4) is 0 Å². The maximum absolute atomic E-state index is 13.8. The summed E-state index contributed by atoms with van der Waals surface area (Å²) in [5, 5.41) is 12.6. The summed E-state index contributed by atoms with van der Waals surface area (Å²) in [4.78, 5) is 31.5. The second-order valence-electron chi connectivity index (χ2n) is 6.48. The number of nitrogens with one attached hydrogen (secondary N) is 1. The van der Waals surface area contributed by atoms with Crippen molar-refractivity contribution in [3.05, 3.63) is 85.8 Å². The molecule has 162 valence electrons. The lowest BCUT2D eigenvalue weighted by atomic mass is 10.2. The monoisotopic (exact) mass is 493 g/mol. The zero-order valence-electron chi connectivity index (χ0n) is 16.2. The van der Waals surface area contributed by atoms with Gasteiger partial charge in [-0.3, -0.25) is 4.79 Å². The van der Waals surface area contributed by atoms with Crippen LogP contribution >= 0.6 is 15.9 Å². The predicted molar refractivity (Wildman–Crippen MR) is 107 cm³/mol. The van der Waals surface area contributed by atoms with Crippen molar-refractivity contribution in [1.82, 2.24) is 19.9 Å². The zero-order chi connectivity index (χ0) is 22.5. The number of amides is 1. The maximum atomic E-state index is 13.8. The van der Waals surface area contributed by atoms with Gasteiger partial charge in [0.15, 0.2) is 0 Å². The van der Waals surface area contributed by atoms with Crippen molar-refractivity contribution in [2.75, 3.05) is 0 Å². The standard InChI is InChI=1S/C20H17BrF2N4O4/c1-11-6-16(31-10-12-2-3-13(22)7-15(12)23)18(21)19(28)27(11)9-14-4-5-24-17(26-14)8-25-20(29)30/h2-7,25H,8-10H2,1H3,(H,29,30)/p-1. The minimum Gasteiger partial charge on any atom is -0.530 e. The van der Waals surface area contributed by atoms with Crippen molar-refractivity contribution in [2.24, 2.45) is 0 Å². The molecule has 3 aromatic rings. The molecular weight excluding hydrogens is 478 g/mol. The van der Waals surface area contributed by atoms with Crippen LogP contribution in [0.5, 0.6) is 5.75 Å². The summed E-state index contributed by atoms with van der Waals surface area (Å²) in [5.74, 6) is -0.991. The topological polar surface area (TPSA) is 109 Å². The third-order valence-corrected chi connectivity index (χ3v) is 5.02. The number of aromatic nitrogens is 3. The summed E-state index contributed by atoms with van der Waals surface area (Å²) in [6.45, 7) is 1.49. The number of carboxylic acid groups (broad SMARTS) is 1. The number of hydrogen-bond donors (Lipinski definition) is 1. The number of rotatable bonds is 7. The van der Waals surface area contributed by atoms with Crippen LogP contribution in [-0.2, 0) is 19.7 Å². The van der Waals surface area contributed by atoms with Gasteiger partial charge in [-0.05, 0) is 41.1 Å². The number of hydrogen-bond acceptors (Lipinski definition) is 6. The van der Waals surface area contributed by atoms with Gasteiger partial charge in [-0.2, -0.15) is 0 Å². The van der Waals surface area contributed by atoms with E-state index in [0.29, 0.717) is 11.4 Å². The highest BCUT2D eigenvalue weighted by Crippen LogP contribution is 2.24. The lowest BCUT2D eigenvalue weighted by Crippen LogP contribution is -2.36. The number of nitrogens with zero attached hydrogens (tertiary/aromatic N) is 3. The van der Waals surface area contributed by atoms with E-state index in [1.807, 2.05) is 0 Å². The van der Waals surface area contributed by atoms with Gasteiger partial charge in [-0.1, -0.05) is 0 Å². The minimum atomic E-state index is -1.44. The van der Waals surface area contributed by atoms with Gasteiger partial charge in [0.2, 0.25) is 0 Å². The van der Waals surface area contributed by atoms with Crippen LogP contribution in [-0.4, -0.2) is 20.6 Å². The highest BCUT2D eigenvalue weighted by Gasteiger charge is 2.14. The highest BCUT2D eigenvalue weighted by molar-refractivity contribution is 9.10. The second-order valence-corrected chi connectivity index (χ2v) is 7.28. The Morgan fingerprint density at radius 3 is 2.77 bits per heavy atom. The summed E-state index contributed by atoms with van der Waals surface area (Å²) >= 11 is 3.21. The summed E-state index contributed by atoms with van der Waals surface area (Å²) in [5.41, 5.74) is 0.788. The fourth-order valence-electron chi connectivity index (χ4n) is 2.74. The van der Waals surface area contributed by atoms with Crippen LogP contribution in [0, 0.1) is 18.6 Å². The van der Waals surface area contributed by atoms with Gasteiger partial charge in [-0.25, -0.2) is 18.7 Å². The van der Waals surface area contributed by atoms with Crippen molar-refractivity contribution in [2.45, 2.75) is 26.6 Å². The molecule has 11 heteroatoms. The maximum Gasteiger partial charge on any atom is 0.269 e. The smallest absolute Gasteiger partial charge is 0.269 e. The molecule has 0 bridgehead atoms. The zero-order valence-corrected chi connectivity index (χ0v) is 17.8. The summed E-state index contributed by atoms with van der Waals surface area (Å²) in [6, 6.07) is 6.36. The van der Waals surface area contributed by atoms with E-state index in [2.05, 4.69) is 31.2 Å². The van der Waals surface area contributed by atoms with Gasteiger partial charge in [0.25, 0.3) is 5.56 Å². The number of carbonyl (C=O) groups excluding carboxylic acids is 1. The molecule has 3 rings (SSSR count). The molecule has 0 fully saturated rings. The van der Waals surface area contributed by atoms with E-state index in [-0.39, 0.29) is 41.3 Å². The number of halogens is 3. The molecule has 1 amide bonds. The minimum absolute atomic E-state index is 0.108. The lowest BCUT2D eigenvalue weighted by molar-refractivity contribution is -0.251. The average Bonchev–Trinajstić information content (AvgIpc) is 2.72. The summed E-state index contributed by atoms with van der Waals surface area (Å²) in [6.07, 6.45) is 0.0137. The van der Waals surface area contributed by atoms with Gasteiger partial charge in [0.1, 0.15) is 40.4 Å². The number of benzene rings is 1. The molecule has 0 unspecified atom stereocenters. The Hall–Kier alpha value is -3.34. The van der Waals surface area contributed by atoms with Crippen LogP contribution < -0.4 is 20.7 Å². The van der Waals surface area contributed by atoms with Crippen LogP contribution in [0.1, 0.15) is 22.8 Å². The van der Waals surface area contributed by atoms with E-state index in [0.717, 1.165) is 12.1 Å². The number of ether oxygens (including phenoxy) is 1. The average molecular weight is 494 g/mol. The van der Waals surface area contributed by atoms with Crippen molar-refractivity contribution in [3.63, 3.8) is 0 Å². The largest absolute Gasteiger partial charge is 0.530 e. The molecule has 31 heavy (non-hydrogen) atoms. The highest BCUT2D eigenvalue weighted by atomic mass is 79.9. The first-order chi connectivity index (χ1) is 14.7. The Bertz CT molecular complexity index is 1190. The van der Waals surface area contributed by atoms with Crippen molar-refractivity contribution in [1.29, 1.82) is 0 Å². The number of pyridine rings is 1. The molecule has 0 radical (unpaired) electrons. The Morgan fingerprint density at radius 2 is 2.06 bits per heavy atom.